The van der Waals surface area contributed by atoms with Gasteiger partial charge in [-0.2, -0.15) is 5.10 Å². The molecule has 1 saturated carbocycles. The predicted octanol–water partition coefficient (Wildman–Crippen LogP) is 4.45. The number of methoxy groups -OCH3 is 1. The van der Waals surface area contributed by atoms with Crippen LogP contribution in [0.15, 0.2) is 42.5 Å². The lowest BCUT2D eigenvalue weighted by atomic mass is 10.2. The number of rotatable bonds is 8. The molecule has 1 heterocycles. The van der Waals surface area contributed by atoms with Gasteiger partial charge in [0.1, 0.15) is 6.61 Å². The van der Waals surface area contributed by atoms with Gasteiger partial charge in [-0.25, -0.2) is 0 Å². The van der Waals surface area contributed by atoms with Gasteiger partial charge in [-0.3, -0.25) is 14.5 Å². The van der Waals surface area contributed by atoms with Gasteiger partial charge in [-0.15, -0.1) is 0 Å². The molecule has 2 aromatic carbocycles. The summed E-state index contributed by atoms with van der Waals surface area (Å²) in [6.07, 6.45) is 2.17. The first kappa shape index (κ1) is 20.4. The van der Waals surface area contributed by atoms with E-state index in [2.05, 4.69) is 15.5 Å². The van der Waals surface area contributed by atoms with Crippen molar-refractivity contribution < 1.29 is 14.3 Å². The highest BCUT2D eigenvalue weighted by atomic mass is 35.5. The Morgan fingerprint density at radius 3 is 2.73 bits per heavy atom. The summed E-state index contributed by atoms with van der Waals surface area (Å²) in [6.45, 7) is 0.655. The Hall–Kier alpha value is -2.84. The SMILES string of the molecule is COc1cc(C(=O)NCc2n[nH]c(=S)n2C2CC2)ccc1OCc1ccc(Cl)cc1. The van der Waals surface area contributed by atoms with Crippen LogP contribution >= 0.6 is 23.8 Å². The lowest BCUT2D eigenvalue weighted by Gasteiger charge is -2.13. The summed E-state index contributed by atoms with van der Waals surface area (Å²) < 4.78 is 13.8. The number of hydrogen-bond acceptors (Lipinski definition) is 5. The fourth-order valence-corrected chi connectivity index (χ4v) is 3.53. The molecule has 0 spiro atoms. The Morgan fingerprint density at radius 2 is 2.03 bits per heavy atom. The standard InChI is InChI=1S/C21H21ClN4O3S/c1-28-18-10-14(4-9-17(18)29-12-13-2-5-15(22)6-3-13)20(27)23-11-19-24-25-21(30)26(19)16-7-8-16/h2-6,9-10,16H,7-8,11-12H2,1H3,(H,23,27)(H,25,30). The lowest BCUT2D eigenvalue weighted by molar-refractivity contribution is 0.0949. The highest BCUT2D eigenvalue weighted by Crippen LogP contribution is 2.35. The van der Waals surface area contributed by atoms with E-state index in [0.717, 1.165) is 24.2 Å². The molecule has 0 saturated heterocycles. The maximum Gasteiger partial charge on any atom is 0.251 e. The number of hydrogen-bond donors (Lipinski definition) is 2. The first-order valence-corrected chi connectivity index (χ1v) is 10.3. The number of carbonyl (C=O) groups is 1. The van der Waals surface area contributed by atoms with Crippen molar-refractivity contribution in [3.8, 4) is 11.5 Å². The quantitative estimate of drug-likeness (QED) is 0.502. The molecule has 4 rings (SSSR count). The maximum absolute atomic E-state index is 12.6. The van der Waals surface area contributed by atoms with Crippen molar-refractivity contribution in [1.82, 2.24) is 20.1 Å². The molecule has 0 radical (unpaired) electrons. The number of nitrogens with zero attached hydrogens (tertiary/aromatic N) is 2. The van der Waals surface area contributed by atoms with Crippen LogP contribution in [0.5, 0.6) is 11.5 Å². The molecular weight excluding hydrogens is 424 g/mol. The molecule has 0 atom stereocenters. The number of carbonyl (C=O) groups excluding carboxylic acids is 1. The van der Waals surface area contributed by atoms with Gasteiger partial charge in [0, 0.05) is 16.6 Å². The zero-order valence-corrected chi connectivity index (χ0v) is 17.9. The van der Waals surface area contributed by atoms with E-state index in [1.807, 2.05) is 28.8 Å². The van der Waals surface area contributed by atoms with Crippen LogP contribution in [0.3, 0.4) is 0 Å². The second-order valence-electron chi connectivity index (χ2n) is 7.01. The van der Waals surface area contributed by atoms with Gasteiger partial charge < -0.3 is 14.8 Å². The first-order chi connectivity index (χ1) is 14.5. The molecule has 1 amide bonds. The molecule has 1 aliphatic rings. The van der Waals surface area contributed by atoms with E-state index in [-0.39, 0.29) is 5.91 Å². The van der Waals surface area contributed by atoms with Gasteiger partial charge in [0.25, 0.3) is 5.91 Å². The Bertz CT molecular complexity index is 1110. The number of ether oxygens (including phenoxy) is 2. The number of nitrogens with one attached hydrogen (secondary N) is 2. The summed E-state index contributed by atoms with van der Waals surface area (Å²) in [4.78, 5) is 12.6. The van der Waals surface area contributed by atoms with E-state index in [1.165, 1.54) is 0 Å². The summed E-state index contributed by atoms with van der Waals surface area (Å²) in [5, 5.41) is 10.6. The zero-order chi connectivity index (χ0) is 21.1. The fraction of sp³-hybridized carbons (Fsp3) is 0.286. The minimum atomic E-state index is -0.228. The highest BCUT2D eigenvalue weighted by molar-refractivity contribution is 7.71. The van der Waals surface area contributed by atoms with Crippen LogP contribution < -0.4 is 14.8 Å². The van der Waals surface area contributed by atoms with Crippen molar-refractivity contribution in [2.75, 3.05) is 7.11 Å². The smallest absolute Gasteiger partial charge is 0.251 e. The molecule has 9 heteroatoms. The summed E-state index contributed by atoms with van der Waals surface area (Å²) in [6, 6.07) is 12.9. The van der Waals surface area contributed by atoms with E-state index >= 15 is 0 Å². The summed E-state index contributed by atoms with van der Waals surface area (Å²) in [5.74, 6) is 1.54. The van der Waals surface area contributed by atoms with Crippen molar-refractivity contribution in [3.63, 3.8) is 0 Å². The zero-order valence-electron chi connectivity index (χ0n) is 16.4. The van der Waals surface area contributed by atoms with Crippen LogP contribution in [0.2, 0.25) is 5.02 Å². The third-order valence-electron chi connectivity index (χ3n) is 4.83. The molecule has 2 N–H and O–H groups in total. The Balaban J connectivity index is 1.41. The van der Waals surface area contributed by atoms with Crippen LogP contribution in [-0.4, -0.2) is 27.8 Å². The average Bonchev–Trinajstić information content (AvgIpc) is 3.53. The second-order valence-corrected chi connectivity index (χ2v) is 7.83. The van der Waals surface area contributed by atoms with Crippen molar-refractivity contribution in [1.29, 1.82) is 0 Å². The minimum absolute atomic E-state index is 0.228. The molecule has 1 fully saturated rings. The lowest BCUT2D eigenvalue weighted by Crippen LogP contribution is -2.24. The predicted molar refractivity (Wildman–Crippen MR) is 116 cm³/mol. The Morgan fingerprint density at radius 1 is 1.27 bits per heavy atom. The molecule has 1 aromatic heterocycles. The monoisotopic (exact) mass is 444 g/mol. The third kappa shape index (κ3) is 4.66. The topological polar surface area (TPSA) is 81.2 Å². The summed E-state index contributed by atoms with van der Waals surface area (Å²) in [7, 11) is 1.54. The highest BCUT2D eigenvalue weighted by Gasteiger charge is 2.27. The molecule has 7 nitrogen and oxygen atoms in total. The molecule has 3 aromatic rings. The number of benzene rings is 2. The fourth-order valence-electron chi connectivity index (χ4n) is 3.10. The van der Waals surface area contributed by atoms with Gasteiger partial charge >= 0.3 is 0 Å². The van der Waals surface area contributed by atoms with E-state index in [4.69, 9.17) is 33.3 Å². The van der Waals surface area contributed by atoms with E-state index in [9.17, 15) is 4.79 Å². The van der Waals surface area contributed by atoms with Gasteiger partial charge in [0.15, 0.2) is 22.1 Å². The number of amides is 1. The van der Waals surface area contributed by atoms with Crippen molar-refractivity contribution in [2.24, 2.45) is 0 Å². The molecule has 0 unspecified atom stereocenters. The molecule has 0 aliphatic heterocycles. The average molecular weight is 445 g/mol. The van der Waals surface area contributed by atoms with Crippen LogP contribution in [-0.2, 0) is 13.2 Å². The second kappa shape index (κ2) is 8.89. The van der Waals surface area contributed by atoms with Gasteiger partial charge in [0.2, 0.25) is 0 Å². The molecule has 30 heavy (non-hydrogen) atoms. The van der Waals surface area contributed by atoms with Crippen LogP contribution in [0.25, 0.3) is 0 Å². The normalized spacial score (nSPS) is 13.1. The van der Waals surface area contributed by atoms with Gasteiger partial charge in [-0.1, -0.05) is 23.7 Å². The van der Waals surface area contributed by atoms with E-state index in [1.54, 1.807) is 25.3 Å². The molecule has 0 bridgehead atoms. The van der Waals surface area contributed by atoms with Gasteiger partial charge in [0.05, 0.1) is 13.7 Å². The van der Waals surface area contributed by atoms with E-state index in [0.29, 0.717) is 46.0 Å². The Labute approximate surface area is 184 Å². The van der Waals surface area contributed by atoms with Crippen molar-refractivity contribution >= 4 is 29.7 Å². The maximum atomic E-state index is 12.6. The van der Waals surface area contributed by atoms with E-state index < -0.39 is 0 Å². The molecule has 1 aliphatic carbocycles. The molecule has 156 valence electrons. The first-order valence-electron chi connectivity index (χ1n) is 9.54. The van der Waals surface area contributed by atoms with Crippen LogP contribution in [0, 0.1) is 4.77 Å². The molecular formula is C21H21ClN4O3S. The number of aromatic nitrogens is 3. The third-order valence-corrected chi connectivity index (χ3v) is 5.37. The number of halogens is 1. The Kier molecular flexibility index (Phi) is 6.06. The minimum Gasteiger partial charge on any atom is -0.493 e. The summed E-state index contributed by atoms with van der Waals surface area (Å²) >= 11 is 11.2. The van der Waals surface area contributed by atoms with Crippen LogP contribution in [0.4, 0.5) is 0 Å². The largest absolute Gasteiger partial charge is 0.493 e. The van der Waals surface area contributed by atoms with Crippen LogP contribution in [0.1, 0.15) is 40.6 Å². The van der Waals surface area contributed by atoms with Crippen molar-refractivity contribution in [3.05, 3.63) is 69.2 Å². The van der Waals surface area contributed by atoms with Gasteiger partial charge in [-0.05, 0) is 61.0 Å². The number of H-pyrrole nitrogens is 1. The summed E-state index contributed by atoms with van der Waals surface area (Å²) in [5.41, 5.74) is 1.45. The van der Waals surface area contributed by atoms with Crippen molar-refractivity contribution in [2.45, 2.75) is 32.0 Å². The number of aromatic amines is 1.